The maximum absolute atomic E-state index is 13.3. The third-order valence-corrected chi connectivity index (χ3v) is 6.69. The number of aliphatic hydroxyl groups is 1. The van der Waals surface area contributed by atoms with E-state index in [0.717, 1.165) is 46.4 Å². The van der Waals surface area contributed by atoms with Crippen molar-refractivity contribution < 1.29 is 19.4 Å². The van der Waals surface area contributed by atoms with Crippen LogP contribution in [0, 0.1) is 0 Å². The second kappa shape index (κ2) is 7.84. The molecule has 1 atom stereocenters. The highest BCUT2D eigenvalue weighted by Crippen LogP contribution is 2.51. The molecule has 1 fully saturated rings. The van der Waals surface area contributed by atoms with E-state index in [9.17, 15) is 9.90 Å². The van der Waals surface area contributed by atoms with Gasteiger partial charge in [-0.15, -0.1) is 0 Å². The molecule has 0 saturated heterocycles. The molecule has 2 aromatic carbocycles. The Kier molecular flexibility index (Phi) is 5.20. The molecule has 2 radical (unpaired) electrons. The molecule has 170 valence electrons. The summed E-state index contributed by atoms with van der Waals surface area (Å²) in [6.45, 7) is 7.16. The minimum atomic E-state index is -0.521. The van der Waals surface area contributed by atoms with Gasteiger partial charge in [0.1, 0.15) is 0 Å². The SMILES string of the molecule is [B]C(CO)Cn1c(C(C)(C)C)cc2cc(NC(=O)C3(c4ccc5c(c4)OCO5)CC3)ccc21. The summed E-state index contributed by atoms with van der Waals surface area (Å²) in [7, 11) is 6.06. The Morgan fingerprint density at radius 1 is 1.15 bits per heavy atom. The molecule has 1 amide bonds. The quantitative estimate of drug-likeness (QED) is 0.557. The van der Waals surface area contributed by atoms with Gasteiger partial charge in [0, 0.05) is 40.9 Å². The molecule has 1 aliphatic carbocycles. The molecule has 1 aliphatic heterocycles. The van der Waals surface area contributed by atoms with Crippen LogP contribution in [0.3, 0.4) is 0 Å². The lowest BCUT2D eigenvalue weighted by atomic mass is 9.87. The number of hydrogen-bond acceptors (Lipinski definition) is 4. The van der Waals surface area contributed by atoms with E-state index < -0.39 is 5.41 Å². The first kappa shape index (κ1) is 21.9. The summed E-state index contributed by atoms with van der Waals surface area (Å²) >= 11 is 0. The van der Waals surface area contributed by atoms with E-state index in [2.05, 4.69) is 36.7 Å². The second-order valence-electron chi connectivity index (χ2n) is 10.2. The van der Waals surface area contributed by atoms with Crippen molar-refractivity contribution in [2.75, 3.05) is 18.7 Å². The van der Waals surface area contributed by atoms with Gasteiger partial charge in [0.15, 0.2) is 11.5 Å². The van der Waals surface area contributed by atoms with E-state index in [-0.39, 0.29) is 30.5 Å². The predicted octanol–water partition coefficient (Wildman–Crippen LogP) is 4.29. The minimum absolute atomic E-state index is 0.00139. The first-order valence-corrected chi connectivity index (χ1v) is 11.4. The average Bonchev–Trinajstić information content (AvgIpc) is 3.32. The Morgan fingerprint density at radius 2 is 1.91 bits per heavy atom. The van der Waals surface area contributed by atoms with E-state index in [4.69, 9.17) is 17.3 Å². The second-order valence-corrected chi connectivity index (χ2v) is 10.2. The van der Waals surface area contributed by atoms with Gasteiger partial charge in [-0.1, -0.05) is 26.8 Å². The number of amides is 1. The molecule has 2 N–H and O–H groups in total. The molecule has 6 nitrogen and oxygen atoms in total. The van der Waals surface area contributed by atoms with Gasteiger partial charge in [-0.3, -0.25) is 4.79 Å². The lowest BCUT2D eigenvalue weighted by Gasteiger charge is -2.24. The Bertz CT molecular complexity index is 1220. The van der Waals surface area contributed by atoms with Crippen molar-refractivity contribution in [3.63, 3.8) is 0 Å². The number of anilines is 1. The van der Waals surface area contributed by atoms with Gasteiger partial charge in [-0.05, 0) is 60.6 Å². The largest absolute Gasteiger partial charge is 0.454 e. The lowest BCUT2D eigenvalue weighted by Crippen LogP contribution is -2.27. The number of nitrogens with one attached hydrogen (secondary N) is 1. The molecule has 1 saturated carbocycles. The number of aliphatic hydroxyl groups excluding tert-OH is 1. The number of fused-ring (bicyclic) bond motifs is 2. The van der Waals surface area contributed by atoms with Crippen molar-refractivity contribution in [3.05, 3.63) is 53.7 Å². The van der Waals surface area contributed by atoms with E-state index in [1.54, 1.807) is 0 Å². The minimum Gasteiger partial charge on any atom is -0.454 e. The van der Waals surface area contributed by atoms with Crippen LogP contribution in [-0.2, 0) is 22.2 Å². The molecule has 2 heterocycles. The number of ether oxygens (including phenoxy) is 2. The van der Waals surface area contributed by atoms with Gasteiger partial charge in [0.2, 0.25) is 12.7 Å². The topological polar surface area (TPSA) is 72.7 Å². The standard InChI is InChI=1S/C26H29BN2O4/c1-25(2,3)23-11-16-10-19(5-6-20(16)29(23)13-18(27)14-30)28-24(31)26(8-9-26)17-4-7-21-22(12-17)33-15-32-21/h4-7,10-12,18,30H,8-9,13-15H2,1-3H3,(H,28,31). The molecule has 7 heteroatoms. The molecule has 1 unspecified atom stereocenters. The third kappa shape index (κ3) is 3.88. The number of carbonyl (C=O) groups is 1. The van der Waals surface area contributed by atoms with E-state index in [1.165, 1.54) is 0 Å². The van der Waals surface area contributed by atoms with E-state index in [0.29, 0.717) is 12.3 Å². The van der Waals surface area contributed by atoms with Gasteiger partial charge in [-0.25, -0.2) is 0 Å². The van der Waals surface area contributed by atoms with Crippen LogP contribution in [0.4, 0.5) is 5.69 Å². The van der Waals surface area contributed by atoms with Crippen molar-refractivity contribution in [3.8, 4) is 11.5 Å². The highest BCUT2D eigenvalue weighted by molar-refractivity contribution is 6.11. The highest BCUT2D eigenvalue weighted by Gasteiger charge is 2.51. The molecule has 3 aromatic rings. The third-order valence-electron chi connectivity index (χ3n) is 6.69. The smallest absolute Gasteiger partial charge is 0.235 e. The Morgan fingerprint density at radius 3 is 2.61 bits per heavy atom. The molecule has 2 aliphatic rings. The Balaban J connectivity index is 1.43. The summed E-state index contributed by atoms with van der Waals surface area (Å²) < 4.78 is 13.1. The molecule has 5 rings (SSSR count). The molecule has 0 bridgehead atoms. The number of aromatic nitrogens is 1. The van der Waals surface area contributed by atoms with E-state index in [1.807, 2.05) is 36.4 Å². The van der Waals surface area contributed by atoms with Gasteiger partial charge in [0.25, 0.3) is 0 Å². The van der Waals surface area contributed by atoms with Gasteiger partial charge < -0.3 is 24.5 Å². The van der Waals surface area contributed by atoms with Crippen LogP contribution in [-0.4, -0.2) is 36.8 Å². The summed E-state index contributed by atoms with van der Waals surface area (Å²) in [4.78, 5) is 13.3. The zero-order valence-corrected chi connectivity index (χ0v) is 19.4. The van der Waals surface area contributed by atoms with Gasteiger partial charge in [-0.2, -0.15) is 0 Å². The van der Waals surface area contributed by atoms with Crippen molar-refractivity contribution >= 4 is 30.3 Å². The van der Waals surface area contributed by atoms with Crippen molar-refractivity contribution in [1.82, 2.24) is 4.57 Å². The fourth-order valence-electron chi connectivity index (χ4n) is 4.68. The summed E-state index contributed by atoms with van der Waals surface area (Å²) in [5, 5.41) is 13.6. The van der Waals surface area contributed by atoms with Crippen molar-refractivity contribution in [2.24, 2.45) is 0 Å². The fraction of sp³-hybridized carbons (Fsp3) is 0.423. The lowest BCUT2D eigenvalue weighted by molar-refractivity contribution is -0.118. The Hall–Kier alpha value is -2.93. The zero-order valence-electron chi connectivity index (χ0n) is 19.4. The van der Waals surface area contributed by atoms with Crippen LogP contribution >= 0.6 is 0 Å². The summed E-state index contributed by atoms with van der Waals surface area (Å²) in [5.41, 5.74) is 3.30. The number of nitrogens with zero attached hydrogens (tertiary/aromatic N) is 1. The van der Waals surface area contributed by atoms with Crippen LogP contribution in [0.1, 0.15) is 44.9 Å². The van der Waals surface area contributed by atoms with Gasteiger partial charge in [0.05, 0.1) is 13.3 Å². The average molecular weight is 444 g/mol. The van der Waals surface area contributed by atoms with Crippen LogP contribution in [0.5, 0.6) is 11.5 Å². The van der Waals surface area contributed by atoms with Crippen LogP contribution in [0.15, 0.2) is 42.5 Å². The molecular formula is C26H29BN2O4. The summed E-state index contributed by atoms with van der Waals surface area (Å²) in [5.74, 6) is 1.08. The number of rotatable bonds is 6. The molecule has 0 spiro atoms. The summed E-state index contributed by atoms with van der Waals surface area (Å²) in [6, 6.07) is 13.9. The highest BCUT2D eigenvalue weighted by atomic mass is 16.7. The predicted molar refractivity (Wildman–Crippen MR) is 129 cm³/mol. The van der Waals surface area contributed by atoms with Gasteiger partial charge >= 0.3 is 0 Å². The molecule has 1 aromatic heterocycles. The number of hydrogen-bond donors (Lipinski definition) is 2. The normalized spacial score (nSPS) is 17.2. The first-order valence-electron chi connectivity index (χ1n) is 11.4. The van der Waals surface area contributed by atoms with Crippen LogP contribution in [0.25, 0.3) is 10.9 Å². The monoisotopic (exact) mass is 444 g/mol. The maximum atomic E-state index is 13.3. The number of carbonyl (C=O) groups excluding carboxylic acids is 1. The van der Waals surface area contributed by atoms with Crippen molar-refractivity contribution in [1.29, 1.82) is 0 Å². The molecular weight excluding hydrogens is 415 g/mol. The molecule has 33 heavy (non-hydrogen) atoms. The van der Waals surface area contributed by atoms with Crippen LogP contribution < -0.4 is 14.8 Å². The Labute approximate surface area is 195 Å². The number of benzene rings is 2. The maximum Gasteiger partial charge on any atom is 0.235 e. The fourth-order valence-corrected chi connectivity index (χ4v) is 4.68. The zero-order chi connectivity index (χ0) is 23.4. The van der Waals surface area contributed by atoms with Crippen molar-refractivity contribution in [2.45, 2.75) is 56.8 Å². The van der Waals surface area contributed by atoms with Crippen LogP contribution in [0.2, 0.25) is 5.82 Å². The summed E-state index contributed by atoms with van der Waals surface area (Å²) in [6.07, 6.45) is 1.62. The van der Waals surface area contributed by atoms with E-state index >= 15 is 0 Å². The first-order chi connectivity index (χ1) is 15.7.